The monoisotopic (exact) mass is 307 g/mol. The van der Waals surface area contributed by atoms with Crippen molar-refractivity contribution in [3.8, 4) is 33.9 Å². The molecule has 0 atom stereocenters. The second-order valence-electron chi connectivity index (χ2n) is 5.59. The van der Waals surface area contributed by atoms with E-state index in [0.717, 1.165) is 39.4 Å². The molecule has 1 aliphatic heterocycles. The van der Waals surface area contributed by atoms with E-state index in [-0.39, 0.29) is 0 Å². The van der Waals surface area contributed by atoms with Crippen LogP contribution >= 0.6 is 0 Å². The Balaban J connectivity index is 1.80. The van der Waals surface area contributed by atoms with Gasteiger partial charge in [0, 0.05) is 25.0 Å². The Labute approximate surface area is 134 Å². The maximum absolute atomic E-state index is 5.69. The molecule has 0 N–H and O–H groups in total. The van der Waals surface area contributed by atoms with Crippen LogP contribution in [0.5, 0.6) is 11.5 Å². The van der Waals surface area contributed by atoms with Gasteiger partial charge in [-0.1, -0.05) is 6.07 Å². The Morgan fingerprint density at radius 1 is 1.04 bits per heavy atom. The van der Waals surface area contributed by atoms with E-state index in [2.05, 4.69) is 23.1 Å². The molecule has 23 heavy (non-hydrogen) atoms. The van der Waals surface area contributed by atoms with Gasteiger partial charge in [-0.05, 0) is 41.8 Å². The number of rotatable bonds is 2. The fourth-order valence-electron chi connectivity index (χ4n) is 2.89. The molecule has 5 nitrogen and oxygen atoms in total. The first kappa shape index (κ1) is 13.8. The molecular weight excluding hydrogens is 290 g/mol. The van der Waals surface area contributed by atoms with Gasteiger partial charge in [-0.3, -0.25) is 9.67 Å². The van der Waals surface area contributed by atoms with Crippen LogP contribution in [0.3, 0.4) is 0 Å². The molecule has 1 aliphatic rings. The van der Waals surface area contributed by atoms with Gasteiger partial charge in [0.25, 0.3) is 0 Å². The lowest BCUT2D eigenvalue weighted by molar-refractivity contribution is 0.171. The van der Waals surface area contributed by atoms with Crippen LogP contribution in [0.25, 0.3) is 22.4 Å². The molecule has 0 unspecified atom stereocenters. The van der Waals surface area contributed by atoms with Crippen molar-refractivity contribution < 1.29 is 9.47 Å². The summed E-state index contributed by atoms with van der Waals surface area (Å²) in [6, 6.07) is 8.08. The van der Waals surface area contributed by atoms with E-state index in [1.807, 2.05) is 43.8 Å². The topological polar surface area (TPSA) is 49.2 Å². The van der Waals surface area contributed by atoms with Gasteiger partial charge in [0.2, 0.25) is 0 Å². The molecule has 0 fully saturated rings. The van der Waals surface area contributed by atoms with Gasteiger partial charge in [-0.25, -0.2) is 0 Å². The van der Waals surface area contributed by atoms with Gasteiger partial charge < -0.3 is 9.47 Å². The molecule has 0 saturated heterocycles. The van der Waals surface area contributed by atoms with E-state index in [1.165, 1.54) is 0 Å². The summed E-state index contributed by atoms with van der Waals surface area (Å²) >= 11 is 0. The van der Waals surface area contributed by atoms with Gasteiger partial charge in [0.05, 0.1) is 11.9 Å². The quantitative estimate of drug-likeness (QED) is 0.729. The first-order valence-electron chi connectivity index (χ1n) is 7.57. The van der Waals surface area contributed by atoms with E-state index in [9.17, 15) is 0 Å². The third kappa shape index (κ3) is 2.44. The fraction of sp³-hybridized carbons (Fsp3) is 0.222. The second-order valence-corrected chi connectivity index (χ2v) is 5.59. The predicted octanol–water partition coefficient (Wildman–Crippen LogP) is 3.23. The molecule has 0 amide bonds. The van der Waals surface area contributed by atoms with Crippen molar-refractivity contribution in [3.63, 3.8) is 0 Å². The highest BCUT2D eigenvalue weighted by Gasteiger charge is 2.15. The summed E-state index contributed by atoms with van der Waals surface area (Å²) in [5.74, 6) is 1.60. The zero-order chi connectivity index (χ0) is 15.8. The number of ether oxygens (including phenoxy) is 2. The van der Waals surface area contributed by atoms with Crippen LogP contribution in [0.2, 0.25) is 0 Å². The molecule has 4 rings (SSSR count). The number of aromatic nitrogens is 3. The summed E-state index contributed by atoms with van der Waals surface area (Å²) in [4.78, 5) is 4.53. The zero-order valence-corrected chi connectivity index (χ0v) is 13.1. The molecule has 0 radical (unpaired) electrons. The van der Waals surface area contributed by atoms with Crippen molar-refractivity contribution in [1.29, 1.82) is 0 Å². The van der Waals surface area contributed by atoms with Crippen molar-refractivity contribution in [2.24, 2.45) is 7.05 Å². The number of nitrogens with zero attached hydrogens (tertiary/aromatic N) is 3. The molecule has 5 heteroatoms. The maximum atomic E-state index is 5.69. The first-order valence-corrected chi connectivity index (χ1v) is 7.57. The summed E-state index contributed by atoms with van der Waals surface area (Å²) in [5.41, 5.74) is 5.32. The van der Waals surface area contributed by atoms with Crippen molar-refractivity contribution in [2.75, 3.05) is 13.2 Å². The van der Waals surface area contributed by atoms with Crippen LogP contribution in [0.4, 0.5) is 0 Å². The lowest BCUT2D eigenvalue weighted by atomic mass is 9.98. The van der Waals surface area contributed by atoms with Gasteiger partial charge >= 0.3 is 0 Å². The predicted molar refractivity (Wildman–Crippen MR) is 87.6 cm³/mol. The second kappa shape index (κ2) is 5.43. The Kier molecular flexibility index (Phi) is 3.26. The van der Waals surface area contributed by atoms with Gasteiger partial charge in [0.15, 0.2) is 11.5 Å². The third-order valence-corrected chi connectivity index (χ3v) is 4.04. The van der Waals surface area contributed by atoms with Crippen molar-refractivity contribution in [1.82, 2.24) is 14.8 Å². The van der Waals surface area contributed by atoms with Gasteiger partial charge in [0.1, 0.15) is 13.2 Å². The highest BCUT2D eigenvalue weighted by Crippen LogP contribution is 2.36. The lowest BCUT2D eigenvalue weighted by Gasteiger charge is -2.19. The Hall–Kier alpha value is -2.82. The molecular formula is C18H17N3O2. The van der Waals surface area contributed by atoms with Crippen LogP contribution in [0, 0.1) is 6.92 Å². The summed E-state index contributed by atoms with van der Waals surface area (Å²) in [6.45, 7) is 3.28. The minimum Gasteiger partial charge on any atom is -0.486 e. The van der Waals surface area contributed by atoms with Gasteiger partial charge in [-0.2, -0.15) is 5.10 Å². The van der Waals surface area contributed by atoms with Crippen molar-refractivity contribution in [2.45, 2.75) is 6.92 Å². The number of aryl methyl sites for hydroxylation is 1. The van der Waals surface area contributed by atoms with E-state index < -0.39 is 0 Å². The Bertz CT molecular complexity index is 870. The smallest absolute Gasteiger partial charge is 0.161 e. The molecule has 0 saturated carbocycles. The standard InChI is InChI=1S/C18H17N3O2/c1-12-15(5-6-19-18(12)14-10-20-21(2)11-14)13-3-4-16-17(9-13)23-8-7-22-16/h3-6,9-11H,7-8H2,1-2H3. The van der Waals surface area contributed by atoms with Crippen LogP contribution in [0.15, 0.2) is 42.9 Å². The number of hydrogen-bond donors (Lipinski definition) is 0. The molecule has 2 aromatic heterocycles. The average molecular weight is 307 g/mol. The molecule has 3 aromatic rings. The van der Waals surface area contributed by atoms with E-state index in [0.29, 0.717) is 13.2 Å². The Morgan fingerprint density at radius 2 is 1.87 bits per heavy atom. The van der Waals surface area contributed by atoms with Crippen LogP contribution < -0.4 is 9.47 Å². The number of pyridine rings is 1. The summed E-state index contributed by atoms with van der Waals surface area (Å²) in [5, 5.41) is 4.23. The SMILES string of the molecule is Cc1c(-c2ccc3c(c2)OCCO3)ccnc1-c1cnn(C)c1. The van der Waals surface area contributed by atoms with Crippen molar-refractivity contribution >= 4 is 0 Å². The Morgan fingerprint density at radius 3 is 2.65 bits per heavy atom. The van der Waals surface area contributed by atoms with Crippen LogP contribution in [-0.2, 0) is 7.05 Å². The van der Waals surface area contributed by atoms with Crippen LogP contribution in [-0.4, -0.2) is 28.0 Å². The molecule has 116 valence electrons. The number of hydrogen-bond acceptors (Lipinski definition) is 4. The third-order valence-electron chi connectivity index (χ3n) is 4.04. The molecule has 3 heterocycles. The summed E-state index contributed by atoms with van der Waals surface area (Å²) in [7, 11) is 1.91. The lowest BCUT2D eigenvalue weighted by Crippen LogP contribution is -2.15. The van der Waals surface area contributed by atoms with E-state index >= 15 is 0 Å². The molecule has 0 spiro atoms. The zero-order valence-electron chi connectivity index (χ0n) is 13.1. The van der Waals surface area contributed by atoms with Gasteiger partial charge in [-0.15, -0.1) is 0 Å². The number of benzene rings is 1. The highest BCUT2D eigenvalue weighted by molar-refractivity contribution is 5.76. The largest absolute Gasteiger partial charge is 0.486 e. The number of fused-ring (bicyclic) bond motifs is 1. The van der Waals surface area contributed by atoms with E-state index in [1.54, 1.807) is 4.68 Å². The summed E-state index contributed by atoms with van der Waals surface area (Å²) in [6.07, 6.45) is 5.65. The maximum Gasteiger partial charge on any atom is 0.161 e. The highest BCUT2D eigenvalue weighted by atomic mass is 16.6. The summed E-state index contributed by atoms with van der Waals surface area (Å²) < 4.78 is 13.1. The molecule has 0 bridgehead atoms. The minimum atomic E-state index is 0.590. The molecule has 1 aromatic carbocycles. The fourth-order valence-corrected chi connectivity index (χ4v) is 2.89. The molecule has 0 aliphatic carbocycles. The van der Waals surface area contributed by atoms with Crippen molar-refractivity contribution in [3.05, 3.63) is 48.4 Å². The minimum absolute atomic E-state index is 0.590. The van der Waals surface area contributed by atoms with Crippen LogP contribution in [0.1, 0.15) is 5.56 Å². The first-order chi connectivity index (χ1) is 11.2. The normalized spacial score (nSPS) is 13.1. The van der Waals surface area contributed by atoms with E-state index in [4.69, 9.17) is 9.47 Å². The average Bonchev–Trinajstić information content (AvgIpc) is 3.01.